The molecule has 2 rings (SSSR count). The first-order valence-electron chi connectivity index (χ1n) is 5.06. The van der Waals surface area contributed by atoms with Gasteiger partial charge in [-0.05, 0) is 18.8 Å². The maximum Gasteiger partial charge on any atom is 0.185 e. The zero-order chi connectivity index (χ0) is 9.97. The summed E-state index contributed by atoms with van der Waals surface area (Å²) in [5.74, 6) is 0.839. The molecular weight excluding hydrogens is 260 g/mol. The van der Waals surface area contributed by atoms with Crippen LogP contribution >= 0.6 is 27.3 Å². The number of nitrogens with zero attached hydrogens (tertiary/aromatic N) is 2. The van der Waals surface area contributed by atoms with Gasteiger partial charge in [0.25, 0.3) is 0 Å². The number of aromatic nitrogens is 1. The Morgan fingerprint density at radius 3 is 2.79 bits per heavy atom. The highest BCUT2D eigenvalue weighted by Gasteiger charge is 2.23. The number of alkyl halides is 1. The van der Waals surface area contributed by atoms with E-state index >= 15 is 0 Å². The van der Waals surface area contributed by atoms with Crippen LogP contribution in [0.3, 0.4) is 0 Å². The topological polar surface area (TPSA) is 16.1 Å². The molecule has 1 aromatic heterocycles. The first-order valence-corrected chi connectivity index (χ1v) is 6.85. The third-order valence-electron chi connectivity index (χ3n) is 2.88. The normalized spacial score (nSPS) is 21.1. The van der Waals surface area contributed by atoms with E-state index in [1.807, 2.05) is 6.20 Å². The molecule has 14 heavy (non-hydrogen) atoms. The zero-order valence-corrected chi connectivity index (χ0v) is 10.7. The quantitative estimate of drug-likeness (QED) is 0.771. The summed E-state index contributed by atoms with van der Waals surface area (Å²) in [6.07, 6.45) is 4.46. The van der Waals surface area contributed by atoms with Crippen LogP contribution in [0.4, 0.5) is 5.13 Å². The first kappa shape index (κ1) is 10.4. The molecule has 1 unspecified atom stereocenters. The molecule has 0 aliphatic carbocycles. The number of rotatable bonds is 2. The summed E-state index contributed by atoms with van der Waals surface area (Å²) in [5, 5.41) is 3.24. The fraction of sp³-hybridized carbons (Fsp3) is 0.700. The second-order valence-electron chi connectivity index (χ2n) is 3.82. The third-order valence-corrected chi connectivity index (χ3v) is 4.46. The Bertz CT molecular complexity index is 266. The predicted octanol–water partition coefficient (Wildman–Crippen LogP) is 3.14. The number of piperidine rings is 1. The highest BCUT2D eigenvalue weighted by molar-refractivity contribution is 9.09. The van der Waals surface area contributed by atoms with Crippen LogP contribution in [0.2, 0.25) is 0 Å². The first-order chi connectivity index (χ1) is 6.77. The molecule has 0 radical (unpaired) electrons. The molecule has 1 aliphatic rings. The summed E-state index contributed by atoms with van der Waals surface area (Å²) < 4.78 is 0. The Labute approximate surface area is 97.5 Å². The molecule has 1 saturated heterocycles. The summed E-state index contributed by atoms with van der Waals surface area (Å²) >= 11 is 5.42. The van der Waals surface area contributed by atoms with Crippen molar-refractivity contribution in [3.8, 4) is 0 Å². The molecule has 2 heterocycles. The van der Waals surface area contributed by atoms with E-state index in [0.717, 1.165) is 19.0 Å². The van der Waals surface area contributed by atoms with Crippen molar-refractivity contribution in [2.45, 2.75) is 24.6 Å². The summed E-state index contributed by atoms with van der Waals surface area (Å²) in [4.78, 5) is 7.40. The number of anilines is 1. The number of hydrogen-bond acceptors (Lipinski definition) is 3. The van der Waals surface area contributed by atoms with E-state index in [1.165, 1.54) is 18.0 Å². The average molecular weight is 275 g/mol. The van der Waals surface area contributed by atoms with Gasteiger partial charge in [-0.15, -0.1) is 11.3 Å². The van der Waals surface area contributed by atoms with Gasteiger partial charge in [0.15, 0.2) is 5.13 Å². The van der Waals surface area contributed by atoms with Gasteiger partial charge >= 0.3 is 0 Å². The fourth-order valence-electron chi connectivity index (χ4n) is 1.92. The molecule has 1 atom stereocenters. The van der Waals surface area contributed by atoms with Crippen molar-refractivity contribution in [1.29, 1.82) is 0 Å². The highest BCUT2D eigenvalue weighted by Crippen LogP contribution is 2.28. The molecule has 1 aliphatic heterocycles. The van der Waals surface area contributed by atoms with E-state index in [-0.39, 0.29) is 0 Å². The Balaban J connectivity index is 1.90. The second kappa shape index (κ2) is 4.62. The van der Waals surface area contributed by atoms with Gasteiger partial charge in [0, 0.05) is 29.5 Å². The minimum Gasteiger partial charge on any atom is -0.348 e. The molecule has 0 spiro atoms. The van der Waals surface area contributed by atoms with Crippen molar-refractivity contribution >= 4 is 32.4 Å². The average Bonchev–Trinajstić information content (AvgIpc) is 2.71. The second-order valence-corrected chi connectivity index (χ2v) is 6.13. The van der Waals surface area contributed by atoms with Gasteiger partial charge in [0.2, 0.25) is 0 Å². The molecule has 2 nitrogen and oxygen atoms in total. The van der Waals surface area contributed by atoms with E-state index in [4.69, 9.17) is 0 Å². The van der Waals surface area contributed by atoms with Gasteiger partial charge in [0.05, 0.1) is 0 Å². The van der Waals surface area contributed by atoms with Crippen LogP contribution in [0.15, 0.2) is 11.6 Å². The maximum absolute atomic E-state index is 4.34. The molecule has 1 aromatic rings. The molecule has 1 fully saturated rings. The van der Waals surface area contributed by atoms with Crippen molar-refractivity contribution in [1.82, 2.24) is 4.98 Å². The number of halogens is 1. The summed E-state index contributed by atoms with van der Waals surface area (Å²) in [6.45, 7) is 4.58. The van der Waals surface area contributed by atoms with Gasteiger partial charge in [-0.3, -0.25) is 0 Å². The lowest BCUT2D eigenvalue weighted by Crippen LogP contribution is -2.35. The SMILES string of the molecule is CC(Br)C1CCN(c2nccs2)CC1. The molecular formula is C10H15BrN2S. The van der Waals surface area contributed by atoms with Gasteiger partial charge in [-0.2, -0.15) is 0 Å². The van der Waals surface area contributed by atoms with Gasteiger partial charge in [-0.25, -0.2) is 4.98 Å². The van der Waals surface area contributed by atoms with Gasteiger partial charge < -0.3 is 4.90 Å². The van der Waals surface area contributed by atoms with Crippen LogP contribution in [0.5, 0.6) is 0 Å². The van der Waals surface area contributed by atoms with E-state index in [1.54, 1.807) is 11.3 Å². The highest BCUT2D eigenvalue weighted by atomic mass is 79.9. The largest absolute Gasteiger partial charge is 0.348 e. The third kappa shape index (κ3) is 2.28. The molecule has 4 heteroatoms. The standard InChI is InChI=1S/C10H15BrN2S/c1-8(11)9-2-5-13(6-3-9)10-12-4-7-14-10/h4,7-9H,2-3,5-6H2,1H3. The number of hydrogen-bond donors (Lipinski definition) is 0. The minimum absolute atomic E-state index is 0.654. The zero-order valence-electron chi connectivity index (χ0n) is 8.32. The monoisotopic (exact) mass is 274 g/mol. The van der Waals surface area contributed by atoms with Crippen molar-refractivity contribution in [3.05, 3.63) is 11.6 Å². The van der Waals surface area contributed by atoms with Crippen LogP contribution in [-0.4, -0.2) is 22.9 Å². The Kier molecular flexibility index (Phi) is 3.44. The molecule has 0 amide bonds. The van der Waals surface area contributed by atoms with Gasteiger partial charge in [0.1, 0.15) is 0 Å². The fourth-order valence-corrected chi connectivity index (χ4v) is 3.15. The Morgan fingerprint density at radius 2 is 2.29 bits per heavy atom. The lowest BCUT2D eigenvalue weighted by Gasteiger charge is -2.32. The molecule has 0 N–H and O–H groups in total. The lowest BCUT2D eigenvalue weighted by molar-refractivity contribution is 0.407. The predicted molar refractivity (Wildman–Crippen MR) is 65.4 cm³/mol. The maximum atomic E-state index is 4.34. The van der Waals surface area contributed by atoms with Crippen LogP contribution in [-0.2, 0) is 0 Å². The van der Waals surface area contributed by atoms with E-state index in [2.05, 4.69) is 38.1 Å². The minimum atomic E-state index is 0.654. The van der Waals surface area contributed by atoms with E-state index in [9.17, 15) is 0 Å². The smallest absolute Gasteiger partial charge is 0.185 e. The molecule has 78 valence electrons. The molecule has 0 saturated carbocycles. The van der Waals surface area contributed by atoms with Crippen molar-refractivity contribution in [3.63, 3.8) is 0 Å². The van der Waals surface area contributed by atoms with Crippen LogP contribution in [0.1, 0.15) is 19.8 Å². The van der Waals surface area contributed by atoms with Crippen molar-refractivity contribution < 1.29 is 0 Å². The van der Waals surface area contributed by atoms with Crippen molar-refractivity contribution in [2.24, 2.45) is 5.92 Å². The Hall–Kier alpha value is -0.0900. The van der Waals surface area contributed by atoms with Gasteiger partial charge in [-0.1, -0.05) is 22.9 Å². The summed E-state index contributed by atoms with van der Waals surface area (Å²) in [5.41, 5.74) is 0. The van der Waals surface area contributed by atoms with Crippen molar-refractivity contribution in [2.75, 3.05) is 18.0 Å². The molecule has 0 aromatic carbocycles. The summed E-state index contributed by atoms with van der Waals surface area (Å²) in [7, 11) is 0. The van der Waals surface area contributed by atoms with Crippen LogP contribution < -0.4 is 4.90 Å². The molecule has 0 bridgehead atoms. The van der Waals surface area contributed by atoms with E-state index < -0.39 is 0 Å². The Morgan fingerprint density at radius 1 is 1.57 bits per heavy atom. The van der Waals surface area contributed by atoms with Crippen LogP contribution in [0.25, 0.3) is 0 Å². The van der Waals surface area contributed by atoms with E-state index in [0.29, 0.717) is 4.83 Å². The summed E-state index contributed by atoms with van der Waals surface area (Å²) in [6, 6.07) is 0. The number of thiazole rings is 1. The lowest BCUT2D eigenvalue weighted by atomic mass is 9.95. The van der Waals surface area contributed by atoms with Crippen LogP contribution in [0, 0.1) is 5.92 Å².